The van der Waals surface area contributed by atoms with Gasteiger partial charge in [0.05, 0.1) is 0 Å². The molecular weight excluding hydrogens is 201 g/mol. The molecule has 0 atom stereocenters. The minimum atomic E-state index is -0.111. The number of hydrogen-bond donors (Lipinski definition) is 1. The molecule has 2 heteroatoms. The van der Waals surface area contributed by atoms with Crippen LogP contribution < -0.4 is 5.32 Å². The van der Waals surface area contributed by atoms with Gasteiger partial charge < -0.3 is 5.32 Å². The van der Waals surface area contributed by atoms with Crippen LogP contribution in [0.25, 0.3) is 0 Å². The van der Waals surface area contributed by atoms with Crippen LogP contribution in [-0.4, -0.2) is 6.54 Å². The molecule has 88 valence electrons. The maximum Gasteiger partial charge on any atom is 0.127 e. The molecule has 0 saturated heterocycles. The highest BCUT2D eigenvalue weighted by Crippen LogP contribution is 2.15. The lowest BCUT2D eigenvalue weighted by Gasteiger charge is -2.11. The second kappa shape index (κ2) is 6.44. The monoisotopic (exact) mass is 221 g/mol. The molecule has 1 N–H and O–H groups in total. The van der Waals surface area contributed by atoms with Crippen molar-refractivity contribution in [3.63, 3.8) is 0 Å². The summed E-state index contributed by atoms with van der Waals surface area (Å²) in [6.45, 7) is 9.19. The second-order valence-corrected chi connectivity index (χ2v) is 4.19. The van der Waals surface area contributed by atoms with E-state index < -0.39 is 0 Å². The molecule has 0 aliphatic rings. The van der Waals surface area contributed by atoms with Crippen LogP contribution in [0.1, 0.15) is 31.4 Å². The highest BCUT2D eigenvalue weighted by Gasteiger charge is 2.06. The van der Waals surface area contributed by atoms with Gasteiger partial charge in [-0.25, -0.2) is 4.39 Å². The van der Waals surface area contributed by atoms with E-state index in [2.05, 4.69) is 18.8 Å². The average Bonchev–Trinajstić information content (AvgIpc) is 2.22. The number of aryl methyl sites for hydroxylation is 1. The molecule has 0 heterocycles. The Labute approximate surface area is 97.4 Å². The SMILES string of the molecule is C=C(C)CNCc1c(F)cccc1CCC. The molecular formula is C14H20FN. The number of nitrogens with one attached hydrogen (secondary N) is 1. The minimum absolute atomic E-state index is 0.111. The molecule has 0 bridgehead atoms. The molecule has 0 saturated carbocycles. The van der Waals surface area contributed by atoms with Crippen LogP contribution in [0.4, 0.5) is 4.39 Å². The first kappa shape index (κ1) is 12.9. The van der Waals surface area contributed by atoms with Crippen molar-refractivity contribution in [3.05, 3.63) is 47.3 Å². The summed E-state index contributed by atoms with van der Waals surface area (Å²) in [5.41, 5.74) is 2.97. The molecule has 1 aromatic carbocycles. The largest absolute Gasteiger partial charge is 0.309 e. The van der Waals surface area contributed by atoms with E-state index >= 15 is 0 Å². The molecule has 0 amide bonds. The summed E-state index contributed by atoms with van der Waals surface area (Å²) in [5.74, 6) is -0.111. The summed E-state index contributed by atoms with van der Waals surface area (Å²) in [4.78, 5) is 0. The molecule has 0 fully saturated rings. The van der Waals surface area contributed by atoms with Crippen LogP contribution in [0.2, 0.25) is 0 Å². The molecule has 0 radical (unpaired) electrons. The van der Waals surface area contributed by atoms with Crippen molar-refractivity contribution in [2.45, 2.75) is 33.2 Å². The highest BCUT2D eigenvalue weighted by atomic mass is 19.1. The fraction of sp³-hybridized carbons (Fsp3) is 0.429. The zero-order chi connectivity index (χ0) is 12.0. The quantitative estimate of drug-likeness (QED) is 0.725. The van der Waals surface area contributed by atoms with Crippen LogP contribution in [-0.2, 0) is 13.0 Å². The van der Waals surface area contributed by atoms with E-state index in [1.807, 2.05) is 13.0 Å². The Balaban J connectivity index is 2.71. The van der Waals surface area contributed by atoms with Gasteiger partial charge in [0, 0.05) is 18.7 Å². The molecule has 0 aromatic heterocycles. The highest BCUT2D eigenvalue weighted by molar-refractivity contribution is 5.28. The Kier molecular flexibility index (Phi) is 5.20. The second-order valence-electron chi connectivity index (χ2n) is 4.19. The maximum atomic E-state index is 13.6. The first-order valence-corrected chi connectivity index (χ1v) is 5.76. The van der Waals surface area contributed by atoms with E-state index in [1.54, 1.807) is 6.07 Å². The lowest BCUT2D eigenvalue weighted by atomic mass is 10.0. The normalized spacial score (nSPS) is 10.4. The first-order chi connectivity index (χ1) is 7.65. The summed E-state index contributed by atoms with van der Waals surface area (Å²) in [7, 11) is 0. The third kappa shape index (κ3) is 3.78. The predicted molar refractivity (Wildman–Crippen MR) is 66.9 cm³/mol. The molecule has 0 spiro atoms. The van der Waals surface area contributed by atoms with Crippen molar-refractivity contribution >= 4 is 0 Å². The molecule has 16 heavy (non-hydrogen) atoms. The van der Waals surface area contributed by atoms with Gasteiger partial charge in [0.2, 0.25) is 0 Å². The van der Waals surface area contributed by atoms with Crippen LogP contribution in [0, 0.1) is 5.82 Å². The van der Waals surface area contributed by atoms with Gasteiger partial charge in [-0.3, -0.25) is 0 Å². The van der Waals surface area contributed by atoms with Crippen molar-refractivity contribution in [1.29, 1.82) is 0 Å². The van der Waals surface area contributed by atoms with Gasteiger partial charge >= 0.3 is 0 Å². The van der Waals surface area contributed by atoms with Crippen molar-refractivity contribution in [2.24, 2.45) is 0 Å². The Morgan fingerprint density at radius 3 is 2.81 bits per heavy atom. The van der Waals surface area contributed by atoms with Crippen molar-refractivity contribution in [1.82, 2.24) is 5.32 Å². The average molecular weight is 221 g/mol. The van der Waals surface area contributed by atoms with Crippen LogP contribution in [0.15, 0.2) is 30.4 Å². The number of benzene rings is 1. The van der Waals surface area contributed by atoms with Crippen LogP contribution in [0.5, 0.6) is 0 Å². The zero-order valence-electron chi connectivity index (χ0n) is 10.1. The number of rotatable bonds is 6. The lowest BCUT2D eigenvalue weighted by Crippen LogP contribution is -2.17. The van der Waals surface area contributed by atoms with E-state index in [1.165, 1.54) is 6.07 Å². The van der Waals surface area contributed by atoms with E-state index in [-0.39, 0.29) is 5.82 Å². The predicted octanol–water partition coefficient (Wildman–Crippen LogP) is 3.44. The molecule has 0 unspecified atom stereocenters. The van der Waals surface area contributed by atoms with Gasteiger partial charge in [-0.2, -0.15) is 0 Å². The van der Waals surface area contributed by atoms with Gasteiger partial charge in [0.15, 0.2) is 0 Å². The third-order valence-electron chi connectivity index (χ3n) is 2.46. The topological polar surface area (TPSA) is 12.0 Å². The summed E-state index contributed by atoms with van der Waals surface area (Å²) in [5, 5.41) is 3.20. The Hall–Kier alpha value is -1.15. The van der Waals surface area contributed by atoms with E-state index in [0.29, 0.717) is 6.54 Å². The summed E-state index contributed by atoms with van der Waals surface area (Å²) in [6, 6.07) is 5.31. The van der Waals surface area contributed by atoms with E-state index in [9.17, 15) is 4.39 Å². The fourth-order valence-corrected chi connectivity index (χ4v) is 1.71. The van der Waals surface area contributed by atoms with Crippen molar-refractivity contribution < 1.29 is 4.39 Å². The summed E-state index contributed by atoms with van der Waals surface area (Å²) in [6.07, 6.45) is 1.97. The summed E-state index contributed by atoms with van der Waals surface area (Å²) < 4.78 is 13.6. The van der Waals surface area contributed by atoms with Gasteiger partial charge in [-0.05, 0) is 25.0 Å². The number of hydrogen-bond acceptors (Lipinski definition) is 1. The molecule has 0 aliphatic heterocycles. The smallest absolute Gasteiger partial charge is 0.127 e. The number of halogens is 1. The van der Waals surface area contributed by atoms with E-state index in [4.69, 9.17) is 0 Å². The van der Waals surface area contributed by atoms with E-state index in [0.717, 1.165) is 36.1 Å². The van der Waals surface area contributed by atoms with Gasteiger partial charge in [0.1, 0.15) is 5.82 Å². The van der Waals surface area contributed by atoms with Crippen LogP contribution in [0.3, 0.4) is 0 Å². The molecule has 0 aliphatic carbocycles. The Bertz CT molecular complexity index is 358. The zero-order valence-corrected chi connectivity index (χ0v) is 10.1. The van der Waals surface area contributed by atoms with Crippen LogP contribution >= 0.6 is 0 Å². The first-order valence-electron chi connectivity index (χ1n) is 5.76. The minimum Gasteiger partial charge on any atom is -0.309 e. The Morgan fingerprint density at radius 2 is 2.19 bits per heavy atom. The third-order valence-corrected chi connectivity index (χ3v) is 2.46. The fourth-order valence-electron chi connectivity index (χ4n) is 1.71. The van der Waals surface area contributed by atoms with Gasteiger partial charge in [-0.15, -0.1) is 0 Å². The summed E-state index contributed by atoms with van der Waals surface area (Å²) >= 11 is 0. The van der Waals surface area contributed by atoms with Crippen molar-refractivity contribution in [3.8, 4) is 0 Å². The van der Waals surface area contributed by atoms with Gasteiger partial charge in [0.25, 0.3) is 0 Å². The maximum absolute atomic E-state index is 13.6. The molecule has 1 nitrogen and oxygen atoms in total. The lowest BCUT2D eigenvalue weighted by molar-refractivity contribution is 0.589. The Morgan fingerprint density at radius 1 is 1.44 bits per heavy atom. The molecule has 1 aromatic rings. The van der Waals surface area contributed by atoms with Gasteiger partial charge in [-0.1, -0.05) is 37.6 Å². The standard InChI is InChI=1S/C14H20FN/c1-4-6-12-7-5-8-14(15)13(12)10-16-9-11(2)3/h5,7-8,16H,2,4,6,9-10H2,1,3H3. The van der Waals surface area contributed by atoms with Crippen molar-refractivity contribution in [2.75, 3.05) is 6.54 Å². The molecule has 1 rings (SSSR count).